The molecule has 1 rings (SSSR count). The van der Waals surface area contributed by atoms with E-state index >= 15 is 0 Å². The molecular weight excluding hydrogens is 230 g/mol. The molecule has 0 bridgehead atoms. The lowest BCUT2D eigenvalue weighted by atomic mass is 10.1. The van der Waals surface area contributed by atoms with Crippen molar-refractivity contribution in [2.75, 3.05) is 24.7 Å². The van der Waals surface area contributed by atoms with Gasteiger partial charge in [-0.05, 0) is 31.6 Å². The summed E-state index contributed by atoms with van der Waals surface area (Å²) in [5, 5.41) is 12.1. The van der Waals surface area contributed by atoms with Crippen LogP contribution in [-0.2, 0) is 6.54 Å². The molecule has 0 spiro atoms. The number of aliphatic hydroxyl groups excluding tert-OH is 1. The molecule has 96 valence electrons. The summed E-state index contributed by atoms with van der Waals surface area (Å²) in [5.41, 5.74) is 4.03. The van der Waals surface area contributed by atoms with Crippen LogP contribution >= 0.6 is 11.8 Å². The lowest BCUT2D eigenvalue weighted by molar-refractivity contribution is 0.296. The molecule has 0 atom stereocenters. The maximum absolute atomic E-state index is 8.64. The first-order valence-electron chi connectivity index (χ1n) is 6.19. The molecule has 0 unspecified atom stereocenters. The molecule has 17 heavy (non-hydrogen) atoms. The second-order valence-electron chi connectivity index (χ2n) is 4.36. The zero-order valence-electron chi connectivity index (χ0n) is 10.8. The minimum absolute atomic E-state index is 0.309. The first-order valence-corrected chi connectivity index (χ1v) is 7.34. The zero-order valence-corrected chi connectivity index (χ0v) is 11.6. The Hall–Kier alpha value is -0.510. The van der Waals surface area contributed by atoms with Crippen LogP contribution < -0.4 is 5.32 Å². The SMILES string of the molecule is Cc1cc(C)cc(CNCCSCCCO)c1. The van der Waals surface area contributed by atoms with Gasteiger partial charge < -0.3 is 10.4 Å². The Morgan fingerprint density at radius 2 is 1.82 bits per heavy atom. The fraction of sp³-hybridized carbons (Fsp3) is 0.571. The van der Waals surface area contributed by atoms with E-state index in [0.717, 1.165) is 31.0 Å². The van der Waals surface area contributed by atoms with Crippen LogP contribution in [0.2, 0.25) is 0 Å². The van der Waals surface area contributed by atoms with Gasteiger partial charge in [0, 0.05) is 25.4 Å². The Labute approximate surface area is 109 Å². The van der Waals surface area contributed by atoms with Crippen molar-refractivity contribution in [3.05, 3.63) is 34.9 Å². The summed E-state index contributed by atoms with van der Waals surface area (Å²) in [6.45, 7) is 6.57. The summed E-state index contributed by atoms with van der Waals surface area (Å²) >= 11 is 1.90. The van der Waals surface area contributed by atoms with E-state index in [2.05, 4.69) is 37.4 Å². The number of aryl methyl sites for hydroxylation is 2. The lowest BCUT2D eigenvalue weighted by Gasteiger charge is -2.07. The Morgan fingerprint density at radius 3 is 2.47 bits per heavy atom. The number of benzene rings is 1. The number of hydrogen-bond donors (Lipinski definition) is 2. The highest BCUT2D eigenvalue weighted by Gasteiger charge is 1.96. The first-order chi connectivity index (χ1) is 8.22. The quantitative estimate of drug-likeness (QED) is 0.698. The summed E-state index contributed by atoms with van der Waals surface area (Å²) in [6.07, 6.45) is 0.905. The highest BCUT2D eigenvalue weighted by Crippen LogP contribution is 2.08. The van der Waals surface area contributed by atoms with Gasteiger partial charge >= 0.3 is 0 Å². The van der Waals surface area contributed by atoms with Gasteiger partial charge in [-0.3, -0.25) is 0 Å². The molecule has 2 N–H and O–H groups in total. The highest BCUT2D eigenvalue weighted by atomic mass is 32.2. The van der Waals surface area contributed by atoms with Gasteiger partial charge in [0.1, 0.15) is 0 Å². The topological polar surface area (TPSA) is 32.3 Å². The van der Waals surface area contributed by atoms with Crippen LogP contribution in [0.3, 0.4) is 0 Å². The van der Waals surface area contributed by atoms with Crippen LogP contribution in [0, 0.1) is 13.8 Å². The van der Waals surface area contributed by atoms with E-state index in [-0.39, 0.29) is 0 Å². The molecule has 1 aromatic rings. The Balaban J connectivity index is 2.13. The molecule has 0 fully saturated rings. The van der Waals surface area contributed by atoms with Crippen molar-refractivity contribution in [1.29, 1.82) is 0 Å². The van der Waals surface area contributed by atoms with Gasteiger partial charge in [-0.1, -0.05) is 29.3 Å². The molecule has 3 heteroatoms. The van der Waals surface area contributed by atoms with E-state index in [1.54, 1.807) is 0 Å². The third-order valence-corrected chi connectivity index (χ3v) is 3.55. The van der Waals surface area contributed by atoms with Gasteiger partial charge in [0.2, 0.25) is 0 Å². The van der Waals surface area contributed by atoms with Crippen molar-refractivity contribution >= 4 is 11.8 Å². The molecule has 1 aromatic carbocycles. The summed E-state index contributed by atoms with van der Waals surface area (Å²) in [6, 6.07) is 6.67. The second-order valence-corrected chi connectivity index (χ2v) is 5.59. The number of aliphatic hydroxyl groups is 1. The van der Waals surface area contributed by atoms with Gasteiger partial charge in [0.05, 0.1) is 0 Å². The predicted octanol–water partition coefficient (Wildman–Crippen LogP) is 2.51. The van der Waals surface area contributed by atoms with Gasteiger partial charge in [0.25, 0.3) is 0 Å². The standard InChI is InChI=1S/C14H23NOS/c1-12-8-13(2)10-14(9-12)11-15-4-7-17-6-3-5-16/h8-10,15-16H,3-7,11H2,1-2H3. The monoisotopic (exact) mass is 253 g/mol. The third kappa shape index (κ3) is 6.71. The molecule has 0 aliphatic heterocycles. The van der Waals surface area contributed by atoms with Crippen molar-refractivity contribution < 1.29 is 5.11 Å². The average molecular weight is 253 g/mol. The molecule has 0 saturated heterocycles. The minimum Gasteiger partial charge on any atom is -0.396 e. The summed E-state index contributed by atoms with van der Waals surface area (Å²) in [7, 11) is 0. The summed E-state index contributed by atoms with van der Waals surface area (Å²) < 4.78 is 0. The number of rotatable bonds is 8. The van der Waals surface area contributed by atoms with E-state index in [0.29, 0.717) is 6.61 Å². The van der Waals surface area contributed by atoms with Crippen molar-refractivity contribution in [1.82, 2.24) is 5.32 Å². The van der Waals surface area contributed by atoms with Crippen molar-refractivity contribution in [2.45, 2.75) is 26.8 Å². The molecular formula is C14H23NOS. The van der Waals surface area contributed by atoms with E-state index < -0.39 is 0 Å². The maximum atomic E-state index is 8.64. The molecule has 0 saturated carbocycles. The summed E-state index contributed by atoms with van der Waals surface area (Å²) in [4.78, 5) is 0. The second kappa shape index (κ2) is 8.56. The molecule has 0 radical (unpaired) electrons. The van der Waals surface area contributed by atoms with Crippen molar-refractivity contribution in [3.8, 4) is 0 Å². The van der Waals surface area contributed by atoms with Gasteiger partial charge in [-0.25, -0.2) is 0 Å². The molecule has 2 nitrogen and oxygen atoms in total. The Morgan fingerprint density at radius 1 is 1.12 bits per heavy atom. The van der Waals surface area contributed by atoms with Crippen LogP contribution in [-0.4, -0.2) is 29.8 Å². The van der Waals surface area contributed by atoms with E-state index in [1.807, 2.05) is 11.8 Å². The normalized spacial score (nSPS) is 10.8. The number of thioether (sulfide) groups is 1. The third-order valence-electron chi connectivity index (χ3n) is 2.48. The molecule has 0 aliphatic carbocycles. The Kier molecular flexibility index (Phi) is 7.33. The van der Waals surface area contributed by atoms with E-state index in [9.17, 15) is 0 Å². The average Bonchev–Trinajstić information content (AvgIpc) is 2.26. The van der Waals surface area contributed by atoms with Crippen LogP contribution in [0.25, 0.3) is 0 Å². The van der Waals surface area contributed by atoms with Crippen LogP contribution in [0.15, 0.2) is 18.2 Å². The predicted molar refractivity (Wildman–Crippen MR) is 76.7 cm³/mol. The highest BCUT2D eigenvalue weighted by molar-refractivity contribution is 7.99. The summed E-state index contributed by atoms with van der Waals surface area (Å²) in [5.74, 6) is 2.17. The zero-order chi connectivity index (χ0) is 12.5. The van der Waals surface area contributed by atoms with Crippen LogP contribution in [0.5, 0.6) is 0 Å². The molecule has 0 aliphatic rings. The number of hydrogen-bond acceptors (Lipinski definition) is 3. The number of nitrogens with one attached hydrogen (secondary N) is 1. The fourth-order valence-corrected chi connectivity index (χ4v) is 2.64. The molecule has 0 heterocycles. The molecule has 0 amide bonds. The Bertz CT molecular complexity index is 308. The van der Waals surface area contributed by atoms with Crippen molar-refractivity contribution in [2.24, 2.45) is 0 Å². The van der Waals surface area contributed by atoms with Gasteiger partial charge in [-0.15, -0.1) is 0 Å². The first kappa shape index (κ1) is 14.6. The van der Waals surface area contributed by atoms with Crippen LogP contribution in [0.4, 0.5) is 0 Å². The smallest absolute Gasteiger partial charge is 0.0438 e. The van der Waals surface area contributed by atoms with Crippen molar-refractivity contribution in [3.63, 3.8) is 0 Å². The fourth-order valence-electron chi connectivity index (χ4n) is 1.82. The van der Waals surface area contributed by atoms with Gasteiger partial charge in [0.15, 0.2) is 0 Å². The minimum atomic E-state index is 0.309. The largest absolute Gasteiger partial charge is 0.396 e. The van der Waals surface area contributed by atoms with Gasteiger partial charge in [-0.2, -0.15) is 11.8 Å². The molecule has 0 aromatic heterocycles. The maximum Gasteiger partial charge on any atom is 0.0438 e. The van der Waals surface area contributed by atoms with E-state index in [1.165, 1.54) is 16.7 Å². The van der Waals surface area contributed by atoms with E-state index in [4.69, 9.17) is 5.11 Å². The van der Waals surface area contributed by atoms with Crippen LogP contribution in [0.1, 0.15) is 23.1 Å². The lowest BCUT2D eigenvalue weighted by Crippen LogP contribution is -2.16.